The number of fused-ring (bicyclic) bond motifs is 1. The first-order chi connectivity index (χ1) is 9.75. The van der Waals surface area contributed by atoms with Crippen molar-refractivity contribution in [3.63, 3.8) is 0 Å². The number of aromatic nitrogens is 1. The molecule has 3 rings (SSSR count). The van der Waals surface area contributed by atoms with Gasteiger partial charge in [0.25, 0.3) is 0 Å². The summed E-state index contributed by atoms with van der Waals surface area (Å²) >= 11 is 0. The van der Waals surface area contributed by atoms with E-state index in [0.717, 1.165) is 0 Å². The number of rotatable bonds is 3. The first-order valence-electron chi connectivity index (χ1n) is 7.50. The van der Waals surface area contributed by atoms with Crippen LogP contribution in [0.5, 0.6) is 0 Å². The molecule has 1 aliphatic rings. The van der Waals surface area contributed by atoms with E-state index < -0.39 is 0 Å². The lowest BCUT2D eigenvalue weighted by Gasteiger charge is -2.32. The van der Waals surface area contributed by atoms with Crippen LogP contribution < -0.4 is 5.32 Å². The van der Waals surface area contributed by atoms with Crippen LogP contribution in [0.1, 0.15) is 61.4 Å². The third kappa shape index (κ3) is 2.61. The lowest BCUT2D eigenvalue weighted by molar-refractivity contribution is 0.396. The predicted molar refractivity (Wildman–Crippen MR) is 82.6 cm³/mol. The summed E-state index contributed by atoms with van der Waals surface area (Å²) < 4.78 is 0. The molecule has 1 aromatic heterocycles. The molecule has 0 aliphatic heterocycles. The molecule has 2 heteroatoms. The van der Waals surface area contributed by atoms with E-state index in [1.807, 2.05) is 18.5 Å². The quantitative estimate of drug-likeness (QED) is 0.892. The summed E-state index contributed by atoms with van der Waals surface area (Å²) in [7, 11) is 0. The molecule has 1 aromatic carbocycles. The van der Waals surface area contributed by atoms with Crippen LogP contribution in [0.15, 0.2) is 48.8 Å². The van der Waals surface area contributed by atoms with Crippen molar-refractivity contribution in [1.29, 1.82) is 0 Å². The molecule has 0 fully saturated rings. The lowest BCUT2D eigenvalue weighted by Crippen LogP contribution is -2.28. The van der Waals surface area contributed by atoms with E-state index in [1.165, 1.54) is 29.5 Å². The van der Waals surface area contributed by atoms with Gasteiger partial charge < -0.3 is 5.32 Å². The fourth-order valence-electron chi connectivity index (χ4n) is 3.21. The van der Waals surface area contributed by atoms with Gasteiger partial charge in [-0.25, -0.2) is 0 Å². The molecule has 1 aliphatic carbocycles. The molecule has 2 nitrogen and oxygen atoms in total. The second-order valence-corrected chi connectivity index (χ2v) is 5.83. The van der Waals surface area contributed by atoms with Gasteiger partial charge in [0.15, 0.2) is 0 Å². The second-order valence-electron chi connectivity index (χ2n) is 5.83. The summed E-state index contributed by atoms with van der Waals surface area (Å²) in [4.78, 5) is 4.22. The summed E-state index contributed by atoms with van der Waals surface area (Å²) in [5.74, 6) is 0.679. The number of pyridine rings is 1. The van der Waals surface area contributed by atoms with Crippen LogP contribution in [0.4, 0.5) is 0 Å². The fraction of sp³-hybridized carbons (Fsp3) is 0.389. The maximum atomic E-state index is 4.22. The van der Waals surface area contributed by atoms with Crippen molar-refractivity contribution >= 4 is 0 Å². The normalized spacial score (nSPS) is 23.1. The molecular formula is C18H22N2. The summed E-state index contributed by atoms with van der Waals surface area (Å²) in [6.45, 7) is 4.55. The van der Waals surface area contributed by atoms with E-state index in [4.69, 9.17) is 0 Å². The highest BCUT2D eigenvalue weighted by Crippen LogP contribution is 2.38. The Labute approximate surface area is 121 Å². The van der Waals surface area contributed by atoms with Crippen LogP contribution in [0.3, 0.4) is 0 Å². The zero-order valence-corrected chi connectivity index (χ0v) is 12.2. The Hall–Kier alpha value is -1.67. The Morgan fingerprint density at radius 2 is 1.90 bits per heavy atom. The van der Waals surface area contributed by atoms with Gasteiger partial charge in [-0.05, 0) is 48.4 Å². The molecule has 0 saturated heterocycles. The highest BCUT2D eigenvalue weighted by atomic mass is 14.9. The Morgan fingerprint density at radius 1 is 1.10 bits per heavy atom. The summed E-state index contributed by atoms with van der Waals surface area (Å²) in [5.41, 5.74) is 4.24. The first kappa shape index (κ1) is 13.3. The van der Waals surface area contributed by atoms with Crippen molar-refractivity contribution < 1.29 is 0 Å². The van der Waals surface area contributed by atoms with Crippen LogP contribution in [0.2, 0.25) is 0 Å². The van der Waals surface area contributed by atoms with Gasteiger partial charge in [-0.15, -0.1) is 0 Å². The maximum absolute atomic E-state index is 4.22. The molecule has 0 bridgehead atoms. The molecule has 2 aromatic rings. The third-order valence-electron chi connectivity index (χ3n) is 4.43. The predicted octanol–water partition coefficient (Wildman–Crippen LogP) is 4.37. The molecule has 0 radical (unpaired) electrons. The molecule has 3 atom stereocenters. The second kappa shape index (κ2) is 5.76. The summed E-state index contributed by atoms with van der Waals surface area (Å²) in [6.07, 6.45) is 6.25. The highest BCUT2D eigenvalue weighted by Gasteiger charge is 2.25. The van der Waals surface area contributed by atoms with Gasteiger partial charge in [0.05, 0.1) is 0 Å². The Bertz CT molecular complexity index is 565. The number of benzene rings is 1. The van der Waals surface area contributed by atoms with Gasteiger partial charge in [0.1, 0.15) is 0 Å². The highest BCUT2D eigenvalue weighted by molar-refractivity contribution is 5.35. The SMILES string of the molecule is CC1CCC(N[C@H](C)c2cccnc2)c2ccccc21. The van der Waals surface area contributed by atoms with Gasteiger partial charge in [0.2, 0.25) is 0 Å². The number of hydrogen-bond acceptors (Lipinski definition) is 2. The van der Waals surface area contributed by atoms with E-state index in [1.54, 1.807) is 0 Å². The van der Waals surface area contributed by atoms with Crippen molar-refractivity contribution in [2.75, 3.05) is 0 Å². The maximum Gasteiger partial charge on any atom is 0.0328 e. The van der Waals surface area contributed by atoms with Crippen LogP contribution >= 0.6 is 0 Å². The molecule has 1 heterocycles. The average Bonchev–Trinajstić information content (AvgIpc) is 2.51. The van der Waals surface area contributed by atoms with Crippen LogP contribution in [-0.4, -0.2) is 4.98 Å². The van der Waals surface area contributed by atoms with E-state index in [-0.39, 0.29) is 0 Å². The molecule has 0 amide bonds. The molecular weight excluding hydrogens is 244 g/mol. The van der Waals surface area contributed by atoms with Crippen molar-refractivity contribution in [3.8, 4) is 0 Å². The van der Waals surface area contributed by atoms with Crippen LogP contribution in [0.25, 0.3) is 0 Å². The Morgan fingerprint density at radius 3 is 2.65 bits per heavy atom. The van der Waals surface area contributed by atoms with E-state index in [9.17, 15) is 0 Å². The topological polar surface area (TPSA) is 24.9 Å². The van der Waals surface area contributed by atoms with Crippen molar-refractivity contribution in [1.82, 2.24) is 10.3 Å². The summed E-state index contributed by atoms with van der Waals surface area (Å²) in [6, 6.07) is 13.8. The lowest BCUT2D eigenvalue weighted by atomic mass is 9.81. The fourth-order valence-corrected chi connectivity index (χ4v) is 3.21. The number of nitrogens with one attached hydrogen (secondary N) is 1. The molecule has 2 unspecified atom stereocenters. The van der Waals surface area contributed by atoms with E-state index >= 15 is 0 Å². The monoisotopic (exact) mass is 266 g/mol. The van der Waals surface area contributed by atoms with Gasteiger partial charge in [-0.2, -0.15) is 0 Å². The van der Waals surface area contributed by atoms with Gasteiger partial charge in [0, 0.05) is 24.5 Å². The van der Waals surface area contributed by atoms with Crippen molar-refractivity contribution in [2.24, 2.45) is 0 Å². The number of hydrogen-bond donors (Lipinski definition) is 1. The minimum atomic E-state index is 0.329. The Balaban J connectivity index is 1.81. The average molecular weight is 266 g/mol. The molecule has 0 saturated carbocycles. The van der Waals surface area contributed by atoms with E-state index in [2.05, 4.69) is 54.5 Å². The number of nitrogens with zero attached hydrogens (tertiary/aromatic N) is 1. The Kier molecular flexibility index (Phi) is 3.83. The molecule has 1 N–H and O–H groups in total. The zero-order valence-electron chi connectivity index (χ0n) is 12.2. The van der Waals surface area contributed by atoms with Gasteiger partial charge in [-0.3, -0.25) is 4.98 Å². The van der Waals surface area contributed by atoms with Gasteiger partial charge >= 0.3 is 0 Å². The molecule has 0 spiro atoms. The van der Waals surface area contributed by atoms with E-state index in [0.29, 0.717) is 18.0 Å². The standard InChI is InChI=1S/C18H22N2/c1-13-9-10-18(17-8-4-3-7-16(13)17)20-14(2)15-6-5-11-19-12-15/h3-8,11-14,18,20H,9-10H2,1-2H3/t13?,14-,18?/m1/s1. The molecule has 104 valence electrons. The zero-order chi connectivity index (χ0) is 13.9. The first-order valence-corrected chi connectivity index (χ1v) is 7.50. The largest absolute Gasteiger partial charge is 0.303 e. The summed E-state index contributed by atoms with van der Waals surface area (Å²) in [5, 5.41) is 3.77. The minimum Gasteiger partial charge on any atom is -0.303 e. The molecule has 20 heavy (non-hydrogen) atoms. The van der Waals surface area contributed by atoms with Crippen molar-refractivity contribution in [2.45, 2.75) is 44.7 Å². The van der Waals surface area contributed by atoms with Crippen LogP contribution in [0, 0.1) is 0 Å². The van der Waals surface area contributed by atoms with Gasteiger partial charge in [-0.1, -0.05) is 37.3 Å². The minimum absolute atomic E-state index is 0.329. The van der Waals surface area contributed by atoms with Crippen molar-refractivity contribution in [3.05, 3.63) is 65.5 Å². The smallest absolute Gasteiger partial charge is 0.0328 e. The van der Waals surface area contributed by atoms with Crippen LogP contribution in [-0.2, 0) is 0 Å². The third-order valence-corrected chi connectivity index (χ3v) is 4.43.